The average molecular weight is 300 g/mol. The summed E-state index contributed by atoms with van der Waals surface area (Å²) in [5.74, 6) is 0. The maximum atomic E-state index is 10.7. The lowest BCUT2D eigenvalue weighted by Gasteiger charge is -2.00. The maximum Gasteiger partial charge on any atom is 0.278 e. The number of rotatable bonds is 1. The van der Waals surface area contributed by atoms with Gasteiger partial charge in [0.15, 0.2) is 0 Å². The molecular formula is C9H5IN2O2. The fourth-order valence-corrected chi connectivity index (χ4v) is 1.95. The van der Waals surface area contributed by atoms with E-state index in [1.807, 2.05) is 0 Å². The molecule has 0 fully saturated rings. The highest BCUT2D eigenvalue weighted by molar-refractivity contribution is 14.1. The van der Waals surface area contributed by atoms with Gasteiger partial charge >= 0.3 is 0 Å². The summed E-state index contributed by atoms with van der Waals surface area (Å²) in [7, 11) is 0. The third-order valence-corrected chi connectivity index (χ3v) is 2.88. The zero-order valence-corrected chi connectivity index (χ0v) is 9.13. The number of nitro groups is 1. The number of nitrogens with zero attached hydrogens (tertiary/aromatic N) is 2. The number of fused-ring (bicyclic) bond motifs is 1. The lowest BCUT2D eigenvalue weighted by molar-refractivity contribution is -0.383. The van der Waals surface area contributed by atoms with Gasteiger partial charge in [0.2, 0.25) is 0 Å². The van der Waals surface area contributed by atoms with E-state index >= 15 is 0 Å². The van der Waals surface area contributed by atoms with Gasteiger partial charge in [-0.1, -0.05) is 0 Å². The van der Waals surface area contributed by atoms with Gasteiger partial charge in [-0.3, -0.25) is 15.1 Å². The third kappa shape index (κ3) is 1.43. The minimum Gasteiger partial charge on any atom is -0.264 e. The van der Waals surface area contributed by atoms with Crippen LogP contribution in [0.1, 0.15) is 0 Å². The van der Waals surface area contributed by atoms with Crippen LogP contribution in [-0.4, -0.2) is 9.91 Å². The van der Waals surface area contributed by atoms with Crippen molar-refractivity contribution in [3.8, 4) is 0 Å². The summed E-state index contributed by atoms with van der Waals surface area (Å²) in [5.41, 5.74) is 0.105. The normalized spacial score (nSPS) is 10.4. The van der Waals surface area contributed by atoms with E-state index in [9.17, 15) is 10.1 Å². The molecule has 2 rings (SSSR count). The van der Waals surface area contributed by atoms with Crippen LogP contribution in [0.25, 0.3) is 10.8 Å². The molecule has 5 heteroatoms. The molecule has 0 aliphatic heterocycles. The van der Waals surface area contributed by atoms with Gasteiger partial charge in [-0.15, -0.1) is 0 Å². The molecule has 14 heavy (non-hydrogen) atoms. The highest BCUT2D eigenvalue weighted by Gasteiger charge is 2.12. The number of non-ortho nitro benzene ring substituents is 1. The molecule has 1 aromatic carbocycles. The van der Waals surface area contributed by atoms with Gasteiger partial charge in [-0.05, 0) is 34.7 Å². The fraction of sp³-hybridized carbons (Fsp3) is 0. The van der Waals surface area contributed by atoms with Crippen molar-refractivity contribution in [1.82, 2.24) is 4.98 Å². The Kier molecular flexibility index (Phi) is 2.32. The van der Waals surface area contributed by atoms with Crippen LogP contribution in [0.2, 0.25) is 0 Å². The summed E-state index contributed by atoms with van der Waals surface area (Å²) in [6, 6.07) is 5.02. The lowest BCUT2D eigenvalue weighted by Crippen LogP contribution is -1.91. The van der Waals surface area contributed by atoms with Gasteiger partial charge in [-0.2, -0.15) is 0 Å². The zero-order valence-electron chi connectivity index (χ0n) is 6.98. The molecule has 70 valence electrons. The lowest BCUT2D eigenvalue weighted by atomic mass is 10.1. The van der Waals surface area contributed by atoms with Crippen molar-refractivity contribution in [1.29, 1.82) is 0 Å². The molecule has 0 atom stereocenters. The Morgan fingerprint density at radius 2 is 2.07 bits per heavy atom. The van der Waals surface area contributed by atoms with Crippen molar-refractivity contribution in [2.24, 2.45) is 0 Å². The smallest absolute Gasteiger partial charge is 0.264 e. The van der Waals surface area contributed by atoms with Crippen molar-refractivity contribution < 1.29 is 4.92 Å². The fourth-order valence-electron chi connectivity index (χ4n) is 1.30. The van der Waals surface area contributed by atoms with Gasteiger partial charge in [0, 0.05) is 27.4 Å². The molecule has 1 aromatic heterocycles. The summed E-state index contributed by atoms with van der Waals surface area (Å²) in [5, 5.41) is 12.2. The Bertz CT molecular complexity index is 513. The number of pyridine rings is 1. The maximum absolute atomic E-state index is 10.7. The number of hydrogen-bond acceptors (Lipinski definition) is 3. The number of halogens is 1. The first-order valence-corrected chi connectivity index (χ1v) is 4.94. The number of benzene rings is 1. The van der Waals surface area contributed by atoms with Crippen LogP contribution in [0, 0.1) is 13.7 Å². The summed E-state index contributed by atoms with van der Waals surface area (Å²) in [4.78, 5) is 14.2. The van der Waals surface area contributed by atoms with E-state index < -0.39 is 0 Å². The Hall–Kier alpha value is -1.24. The van der Waals surface area contributed by atoms with Crippen LogP contribution in [0.15, 0.2) is 30.6 Å². The first kappa shape index (κ1) is 9.32. The van der Waals surface area contributed by atoms with E-state index in [0.29, 0.717) is 5.39 Å². The molecule has 0 radical (unpaired) electrons. The van der Waals surface area contributed by atoms with Gasteiger partial charge < -0.3 is 0 Å². The number of aromatic nitrogens is 1. The largest absolute Gasteiger partial charge is 0.278 e. The predicted octanol–water partition coefficient (Wildman–Crippen LogP) is 2.75. The van der Waals surface area contributed by atoms with Crippen molar-refractivity contribution in [3.05, 3.63) is 44.3 Å². The van der Waals surface area contributed by atoms with Crippen LogP contribution in [0.4, 0.5) is 5.69 Å². The van der Waals surface area contributed by atoms with E-state index in [0.717, 1.165) is 8.96 Å². The average Bonchev–Trinajstić information content (AvgIpc) is 2.18. The van der Waals surface area contributed by atoms with Crippen LogP contribution in [0.3, 0.4) is 0 Å². The molecule has 1 heterocycles. The Morgan fingerprint density at radius 3 is 2.79 bits per heavy atom. The molecule has 0 saturated heterocycles. The minimum atomic E-state index is -0.389. The molecule has 0 unspecified atom stereocenters. The molecule has 4 nitrogen and oxygen atoms in total. The second kappa shape index (κ2) is 3.49. The van der Waals surface area contributed by atoms with Crippen LogP contribution in [-0.2, 0) is 0 Å². The molecule has 0 saturated carbocycles. The molecule has 0 N–H and O–H groups in total. The quantitative estimate of drug-likeness (QED) is 0.462. The highest BCUT2D eigenvalue weighted by Crippen LogP contribution is 2.27. The number of nitro benzene ring substituents is 1. The second-order valence-corrected chi connectivity index (χ2v) is 3.91. The van der Waals surface area contributed by atoms with E-state index in [1.54, 1.807) is 18.3 Å². The van der Waals surface area contributed by atoms with E-state index in [2.05, 4.69) is 27.6 Å². The van der Waals surface area contributed by atoms with Crippen molar-refractivity contribution in [3.63, 3.8) is 0 Å². The molecular weight excluding hydrogens is 295 g/mol. The Balaban J connectivity index is 2.88. The molecule has 2 aromatic rings. The van der Waals surface area contributed by atoms with Gasteiger partial charge in [0.05, 0.1) is 10.3 Å². The topological polar surface area (TPSA) is 56.0 Å². The van der Waals surface area contributed by atoms with Crippen molar-refractivity contribution >= 4 is 39.1 Å². The predicted molar refractivity (Wildman–Crippen MR) is 61.1 cm³/mol. The van der Waals surface area contributed by atoms with Gasteiger partial charge in [-0.25, -0.2) is 0 Å². The van der Waals surface area contributed by atoms with Crippen LogP contribution < -0.4 is 0 Å². The van der Waals surface area contributed by atoms with E-state index in [4.69, 9.17) is 0 Å². The monoisotopic (exact) mass is 300 g/mol. The molecule has 0 spiro atoms. The second-order valence-electron chi connectivity index (χ2n) is 2.74. The standard InChI is InChI=1S/C9H5IN2O2/c10-8-1-2-9(12(13)14)7-5-11-4-3-6(7)8/h1-5H. The first-order chi connectivity index (χ1) is 6.70. The van der Waals surface area contributed by atoms with E-state index in [-0.39, 0.29) is 10.6 Å². The highest BCUT2D eigenvalue weighted by atomic mass is 127. The Labute approximate surface area is 93.2 Å². The van der Waals surface area contributed by atoms with Gasteiger partial charge in [0.1, 0.15) is 0 Å². The number of hydrogen-bond donors (Lipinski definition) is 0. The van der Waals surface area contributed by atoms with E-state index in [1.165, 1.54) is 12.3 Å². The molecule has 0 amide bonds. The minimum absolute atomic E-state index is 0.105. The molecule has 0 aliphatic rings. The summed E-state index contributed by atoms with van der Waals surface area (Å²) in [6.45, 7) is 0. The van der Waals surface area contributed by atoms with Crippen LogP contribution in [0.5, 0.6) is 0 Å². The summed E-state index contributed by atoms with van der Waals surface area (Å²) >= 11 is 2.15. The van der Waals surface area contributed by atoms with Crippen molar-refractivity contribution in [2.45, 2.75) is 0 Å². The molecule has 0 aliphatic carbocycles. The van der Waals surface area contributed by atoms with Crippen LogP contribution >= 0.6 is 22.6 Å². The first-order valence-electron chi connectivity index (χ1n) is 3.87. The zero-order chi connectivity index (χ0) is 10.1. The Morgan fingerprint density at radius 1 is 1.29 bits per heavy atom. The SMILES string of the molecule is O=[N+]([O-])c1ccc(I)c2ccncc12. The third-order valence-electron chi connectivity index (χ3n) is 1.94. The van der Waals surface area contributed by atoms with Crippen molar-refractivity contribution in [2.75, 3.05) is 0 Å². The summed E-state index contributed by atoms with van der Waals surface area (Å²) in [6.07, 6.45) is 3.16. The summed E-state index contributed by atoms with van der Waals surface area (Å²) < 4.78 is 0.991. The molecule has 0 bridgehead atoms. The van der Waals surface area contributed by atoms with Gasteiger partial charge in [0.25, 0.3) is 5.69 Å².